The molecule has 0 saturated carbocycles. The molecule has 18 heavy (non-hydrogen) atoms. The van der Waals surface area contributed by atoms with Gasteiger partial charge < -0.3 is 15.0 Å². The van der Waals surface area contributed by atoms with Gasteiger partial charge in [0.25, 0.3) is 5.91 Å². The summed E-state index contributed by atoms with van der Waals surface area (Å²) in [5, 5.41) is 2.40. The molecular formula is C12H16F2N2O2. The maximum Gasteiger partial charge on any atom is 0.253 e. The number of hydrogen-bond acceptors (Lipinski definition) is 3. The van der Waals surface area contributed by atoms with E-state index < -0.39 is 17.5 Å². The van der Waals surface area contributed by atoms with E-state index in [0.29, 0.717) is 13.2 Å². The van der Waals surface area contributed by atoms with E-state index in [9.17, 15) is 13.6 Å². The number of rotatable bonds is 5. The second kappa shape index (κ2) is 6.30. The van der Waals surface area contributed by atoms with Crippen LogP contribution in [0.15, 0.2) is 12.1 Å². The standard InChI is InChI=1S/C12H16F2N2O2/c1-15-11-9(13)6-8(7-10(11)14)12(17)16(2)4-5-18-3/h6-7,15H,4-5H2,1-3H3. The Hall–Kier alpha value is -1.69. The Kier molecular flexibility index (Phi) is 5.03. The zero-order valence-electron chi connectivity index (χ0n) is 10.6. The molecule has 0 radical (unpaired) electrons. The van der Waals surface area contributed by atoms with Crippen molar-refractivity contribution in [1.82, 2.24) is 4.90 Å². The molecular weight excluding hydrogens is 242 g/mol. The molecule has 0 spiro atoms. The SMILES string of the molecule is CNc1c(F)cc(C(=O)N(C)CCOC)cc1F. The van der Waals surface area contributed by atoms with Crippen molar-refractivity contribution in [1.29, 1.82) is 0 Å². The van der Waals surface area contributed by atoms with Crippen molar-refractivity contribution in [2.75, 3.05) is 39.7 Å². The number of ether oxygens (including phenoxy) is 1. The van der Waals surface area contributed by atoms with Crippen molar-refractivity contribution in [2.24, 2.45) is 0 Å². The first-order valence-corrected chi connectivity index (χ1v) is 5.42. The van der Waals surface area contributed by atoms with Gasteiger partial charge >= 0.3 is 0 Å². The highest BCUT2D eigenvalue weighted by atomic mass is 19.1. The van der Waals surface area contributed by atoms with Gasteiger partial charge in [-0.3, -0.25) is 4.79 Å². The summed E-state index contributed by atoms with van der Waals surface area (Å²) in [7, 11) is 4.47. The molecule has 0 aromatic heterocycles. The van der Waals surface area contributed by atoms with Crippen LogP contribution in [0.3, 0.4) is 0 Å². The fourth-order valence-corrected chi connectivity index (χ4v) is 1.49. The molecule has 4 nitrogen and oxygen atoms in total. The molecule has 0 aliphatic heterocycles. The third-order valence-electron chi connectivity index (χ3n) is 2.52. The molecule has 100 valence electrons. The Balaban J connectivity index is 2.93. The van der Waals surface area contributed by atoms with E-state index in [0.717, 1.165) is 12.1 Å². The van der Waals surface area contributed by atoms with Gasteiger partial charge in [0.2, 0.25) is 0 Å². The molecule has 0 bridgehead atoms. The summed E-state index contributed by atoms with van der Waals surface area (Å²) in [4.78, 5) is 13.2. The maximum absolute atomic E-state index is 13.5. The van der Waals surface area contributed by atoms with Crippen LogP contribution in [0.2, 0.25) is 0 Å². The minimum Gasteiger partial charge on any atom is -0.383 e. The van der Waals surface area contributed by atoms with Crippen LogP contribution in [0.5, 0.6) is 0 Å². The van der Waals surface area contributed by atoms with E-state index in [1.165, 1.54) is 19.1 Å². The van der Waals surface area contributed by atoms with Crippen molar-refractivity contribution >= 4 is 11.6 Å². The number of amides is 1. The Morgan fingerprint density at radius 3 is 2.39 bits per heavy atom. The summed E-state index contributed by atoms with van der Waals surface area (Å²) in [5.41, 5.74) is -0.270. The molecule has 0 aliphatic carbocycles. The lowest BCUT2D eigenvalue weighted by molar-refractivity contribution is 0.0743. The van der Waals surface area contributed by atoms with Crippen LogP contribution in [0.25, 0.3) is 0 Å². The van der Waals surface area contributed by atoms with Crippen molar-refractivity contribution < 1.29 is 18.3 Å². The Morgan fingerprint density at radius 2 is 1.94 bits per heavy atom. The highest BCUT2D eigenvalue weighted by molar-refractivity contribution is 5.94. The largest absolute Gasteiger partial charge is 0.383 e. The Morgan fingerprint density at radius 1 is 1.39 bits per heavy atom. The zero-order valence-corrected chi connectivity index (χ0v) is 10.6. The van der Waals surface area contributed by atoms with E-state index in [1.54, 1.807) is 7.05 Å². The fraction of sp³-hybridized carbons (Fsp3) is 0.417. The number of methoxy groups -OCH3 is 1. The smallest absolute Gasteiger partial charge is 0.253 e. The average molecular weight is 258 g/mol. The highest BCUT2D eigenvalue weighted by Gasteiger charge is 2.17. The van der Waals surface area contributed by atoms with Gasteiger partial charge in [-0.05, 0) is 12.1 Å². The van der Waals surface area contributed by atoms with Gasteiger partial charge in [0.15, 0.2) is 0 Å². The van der Waals surface area contributed by atoms with Gasteiger partial charge in [0.05, 0.1) is 6.61 Å². The number of nitrogens with zero attached hydrogens (tertiary/aromatic N) is 1. The fourth-order valence-electron chi connectivity index (χ4n) is 1.49. The van der Waals surface area contributed by atoms with Gasteiger partial charge in [0.1, 0.15) is 17.3 Å². The van der Waals surface area contributed by atoms with Crippen LogP contribution in [-0.2, 0) is 4.74 Å². The van der Waals surface area contributed by atoms with Gasteiger partial charge in [-0.1, -0.05) is 0 Å². The molecule has 0 saturated heterocycles. The molecule has 0 aliphatic rings. The minimum atomic E-state index is -0.791. The molecule has 0 heterocycles. The van der Waals surface area contributed by atoms with Crippen molar-refractivity contribution in [3.63, 3.8) is 0 Å². The number of likely N-dealkylation sites (N-methyl/N-ethyl adjacent to an activating group) is 1. The summed E-state index contributed by atoms with van der Waals surface area (Å²) in [6.07, 6.45) is 0. The second-order valence-corrected chi connectivity index (χ2v) is 3.78. The molecule has 1 rings (SSSR count). The first kappa shape index (κ1) is 14.4. The Labute approximate surface area is 105 Å². The first-order valence-electron chi connectivity index (χ1n) is 5.42. The number of nitrogens with one attached hydrogen (secondary N) is 1. The van der Waals surface area contributed by atoms with Crippen LogP contribution in [0, 0.1) is 11.6 Å². The lowest BCUT2D eigenvalue weighted by Crippen LogP contribution is -2.30. The number of carbonyl (C=O) groups is 1. The van der Waals surface area contributed by atoms with Gasteiger partial charge in [-0.25, -0.2) is 8.78 Å². The molecule has 0 unspecified atom stereocenters. The topological polar surface area (TPSA) is 41.6 Å². The lowest BCUT2D eigenvalue weighted by atomic mass is 10.1. The van der Waals surface area contributed by atoms with Crippen molar-refractivity contribution in [3.05, 3.63) is 29.3 Å². The first-order chi connectivity index (χ1) is 8.51. The molecule has 0 atom stereocenters. The molecule has 1 aromatic carbocycles. The van der Waals surface area contributed by atoms with E-state index >= 15 is 0 Å². The predicted molar refractivity (Wildman–Crippen MR) is 64.7 cm³/mol. The van der Waals surface area contributed by atoms with Crippen LogP contribution in [-0.4, -0.2) is 45.2 Å². The normalized spacial score (nSPS) is 10.3. The van der Waals surface area contributed by atoms with E-state index in [4.69, 9.17) is 4.74 Å². The lowest BCUT2D eigenvalue weighted by Gasteiger charge is -2.17. The number of carbonyl (C=O) groups excluding carboxylic acids is 1. The van der Waals surface area contributed by atoms with Crippen LogP contribution in [0.4, 0.5) is 14.5 Å². The van der Waals surface area contributed by atoms with Crippen LogP contribution < -0.4 is 5.32 Å². The molecule has 1 N–H and O–H groups in total. The molecule has 6 heteroatoms. The van der Waals surface area contributed by atoms with Crippen LogP contribution in [0.1, 0.15) is 10.4 Å². The van der Waals surface area contributed by atoms with Crippen molar-refractivity contribution in [2.45, 2.75) is 0 Å². The molecule has 0 fully saturated rings. The number of halogens is 2. The summed E-state index contributed by atoms with van der Waals surface area (Å²) in [6.45, 7) is 0.716. The highest BCUT2D eigenvalue weighted by Crippen LogP contribution is 2.20. The average Bonchev–Trinajstić information content (AvgIpc) is 2.34. The zero-order chi connectivity index (χ0) is 13.7. The number of anilines is 1. The molecule has 1 aromatic rings. The van der Waals surface area contributed by atoms with Gasteiger partial charge in [-0.15, -0.1) is 0 Å². The number of benzene rings is 1. The summed E-state index contributed by atoms with van der Waals surface area (Å²) < 4.78 is 31.8. The summed E-state index contributed by atoms with van der Waals surface area (Å²) >= 11 is 0. The third kappa shape index (κ3) is 3.16. The number of hydrogen-bond donors (Lipinski definition) is 1. The van der Waals surface area contributed by atoms with Gasteiger partial charge in [0, 0.05) is 33.3 Å². The monoisotopic (exact) mass is 258 g/mol. The Bertz CT molecular complexity index is 415. The summed E-state index contributed by atoms with van der Waals surface area (Å²) in [6, 6.07) is 2.03. The van der Waals surface area contributed by atoms with Crippen LogP contribution >= 0.6 is 0 Å². The summed E-state index contributed by atoms with van der Waals surface area (Å²) in [5.74, 6) is -2.03. The molecule has 1 amide bonds. The second-order valence-electron chi connectivity index (χ2n) is 3.78. The quantitative estimate of drug-likeness (QED) is 0.874. The third-order valence-corrected chi connectivity index (χ3v) is 2.52. The van der Waals surface area contributed by atoms with Crippen molar-refractivity contribution in [3.8, 4) is 0 Å². The van der Waals surface area contributed by atoms with E-state index in [1.807, 2.05) is 0 Å². The maximum atomic E-state index is 13.5. The predicted octanol–water partition coefficient (Wildman–Crippen LogP) is 1.72. The minimum absolute atomic E-state index is 0.0254. The van der Waals surface area contributed by atoms with Gasteiger partial charge in [-0.2, -0.15) is 0 Å². The van der Waals surface area contributed by atoms with E-state index in [2.05, 4.69) is 5.32 Å². The van der Waals surface area contributed by atoms with E-state index in [-0.39, 0.29) is 11.3 Å².